The third kappa shape index (κ3) is 2.83. The molecule has 1 aromatic heterocycles. The van der Waals surface area contributed by atoms with Crippen molar-refractivity contribution in [2.24, 2.45) is 17.3 Å². The van der Waals surface area contributed by atoms with Crippen LogP contribution in [0.3, 0.4) is 0 Å². The zero-order valence-corrected chi connectivity index (χ0v) is 15.9. The maximum atomic E-state index is 5.12. The zero-order valence-electron chi connectivity index (χ0n) is 15.0. The molecule has 2 aliphatic rings. The van der Waals surface area contributed by atoms with E-state index in [0.29, 0.717) is 5.41 Å². The van der Waals surface area contributed by atoms with Gasteiger partial charge in [-0.1, -0.05) is 26.0 Å². The van der Waals surface area contributed by atoms with Gasteiger partial charge >= 0.3 is 0 Å². The van der Waals surface area contributed by atoms with Crippen molar-refractivity contribution in [1.29, 1.82) is 0 Å². The highest BCUT2D eigenvalue weighted by molar-refractivity contribution is 7.82. The Kier molecular flexibility index (Phi) is 3.71. The summed E-state index contributed by atoms with van der Waals surface area (Å²) in [7, 11) is 0. The van der Waals surface area contributed by atoms with Crippen LogP contribution in [-0.4, -0.2) is 19.7 Å². The molecule has 3 rings (SSSR count). The number of hydrogen-bond acceptors (Lipinski definition) is 3. The zero-order chi connectivity index (χ0) is 16.3. The van der Waals surface area contributed by atoms with Crippen molar-refractivity contribution in [2.75, 3.05) is 0 Å². The van der Waals surface area contributed by atoms with Crippen LogP contribution in [-0.2, 0) is 18.4 Å². The Labute approximate surface area is 140 Å². The van der Waals surface area contributed by atoms with E-state index in [2.05, 4.69) is 56.5 Å². The average molecular weight is 322 g/mol. The maximum absolute atomic E-state index is 5.12. The van der Waals surface area contributed by atoms with E-state index in [0.717, 1.165) is 31.1 Å². The van der Waals surface area contributed by atoms with Crippen LogP contribution in [0.5, 0.6) is 0 Å². The molecule has 0 bridgehead atoms. The molecule has 22 heavy (non-hydrogen) atoms. The fourth-order valence-electron chi connectivity index (χ4n) is 4.32. The molecule has 3 atom stereocenters. The number of nitrogens with zero attached hydrogens (tertiary/aromatic N) is 3. The van der Waals surface area contributed by atoms with Crippen molar-refractivity contribution in [3.8, 4) is 0 Å². The van der Waals surface area contributed by atoms with Gasteiger partial charge in [-0.2, -0.15) is 12.6 Å². The van der Waals surface area contributed by atoms with Gasteiger partial charge < -0.3 is 0 Å². The van der Waals surface area contributed by atoms with Gasteiger partial charge in [0.15, 0.2) is 0 Å². The molecule has 4 heteroatoms. The van der Waals surface area contributed by atoms with Crippen LogP contribution in [0, 0.1) is 17.3 Å². The minimum absolute atomic E-state index is 0.0200. The normalized spacial score (nSPS) is 32.0. The van der Waals surface area contributed by atoms with Crippen molar-refractivity contribution >= 4 is 12.6 Å². The standard InChI is InChI=1S/C18H31N3S/c1-16(2,3)11-13-12-7-8-15-14(9-10-18(12,13)22)19-20-21(15)17(4,5)6/h12-13,22H,7-11H2,1-6H3/t12?,13-,18?/m0/s1. The molecule has 0 N–H and O–H groups in total. The lowest BCUT2D eigenvalue weighted by molar-refractivity contribution is 0.329. The topological polar surface area (TPSA) is 30.7 Å². The van der Waals surface area contributed by atoms with Gasteiger partial charge in [-0.25, -0.2) is 4.68 Å². The molecule has 1 fully saturated rings. The lowest BCUT2D eigenvalue weighted by atomic mass is 9.88. The molecular formula is C18H31N3S. The van der Waals surface area contributed by atoms with E-state index in [1.54, 1.807) is 0 Å². The predicted molar refractivity (Wildman–Crippen MR) is 94.4 cm³/mol. The van der Waals surface area contributed by atoms with Crippen LogP contribution >= 0.6 is 12.6 Å². The molecule has 0 saturated heterocycles. The Morgan fingerprint density at radius 1 is 1.18 bits per heavy atom. The van der Waals surface area contributed by atoms with E-state index in [1.807, 2.05) is 0 Å². The fourth-order valence-corrected chi connectivity index (χ4v) is 4.93. The first-order valence-corrected chi connectivity index (χ1v) is 9.13. The van der Waals surface area contributed by atoms with Crippen molar-refractivity contribution in [2.45, 2.75) is 83.9 Å². The first kappa shape index (κ1) is 16.4. The number of rotatable bonds is 1. The molecule has 0 spiro atoms. The van der Waals surface area contributed by atoms with E-state index in [-0.39, 0.29) is 10.3 Å². The van der Waals surface area contributed by atoms with Gasteiger partial charge in [0.2, 0.25) is 0 Å². The number of fused-ring (bicyclic) bond motifs is 2. The first-order valence-electron chi connectivity index (χ1n) is 8.69. The quantitative estimate of drug-likeness (QED) is 0.783. The second kappa shape index (κ2) is 4.99. The van der Waals surface area contributed by atoms with E-state index < -0.39 is 0 Å². The van der Waals surface area contributed by atoms with E-state index in [1.165, 1.54) is 24.2 Å². The molecule has 1 saturated carbocycles. The number of thiol groups is 1. The predicted octanol–water partition coefficient (Wildman–Crippen LogP) is 4.26. The van der Waals surface area contributed by atoms with Gasteiger partial charge in [0.25, 0.3) is 0 Å². The molecule has 1 aromatic rings. The molecule has 0 amide bonds. The van der Waals surface area contributed by atoms with Crippen LogP contribution in [0.2, 0.25) is 0 Å². The van der Waals surface area contributed by atoms with Gasteiger partial charge in [-0.3, -0.25) is 0 Å². The summed E-state index contributed by atoms with van der Waals surface area (Å²) < 4.78 is 2.39. The maximum Gasteiger partial charge on any atom is 0.0859 e. The van der Waals surface area contributed by atoms with Crippen LogP contribution < -0.4 is 0 Å². The Bertz CT molecular complexity index is 564. The number of aryl methyl sites for hydroxylation is 1. The van der Waals surface area contributed by atoms with Gasteiger partial charge in [0, 0.05) is 4.75 Å². The summed E-state index contributed by atoms with van der Waals surface area (Å²) in [6.07, 6.45) is 5.81. The average Bonchev–Trinajstić information content (AvgIpc) is 2.69. The fraction of sp³-hybridized carbons (Fsp3) is 0.889. The summed E-state index contributed by atoms with van der Waals surface area (Å²) in [5.41, 5.74) is 2.99. The summed E-state index contributed by atoms with van der Waals surface area (Å²) in [4.78, 5) is 0. The minimum Gasteiger partial charge on any atom is -0.244 e. The van der Waals surface area contributed by atoms with E-state index in [4.69, 9.17) is 12.6 Å². The lowest BCUT2D eigenvalue weighted by Gasteiger charge is -2.23. The largest absolute Gasteiger partial charge is 0.244 e. The monoisotopic (exact) mass is 321 g/mol. The third-order valence-corrected chi connectivity index (χ3v) is 6.31. The highest BCUT2D eigenvalue weighted by atomic mass is 32.1. The highest BCUT2D eigenvalue weighted by Crippen LogP contribution is 2.64. The Morgan fingerprint density at radius 2 is 1.86 bits per heavy atom. The molecule has 1 heterocycles. The van der Waals surface area contributed by atoms with Crippen molar-refractivity contribution < 1.29 is 0 Å². The number of aromatic nitrogens is 3. The van der Waals surface area contributed by atoms with Crippen molar-refractivity contribution in [3.63, 3.8) is 0 Å². The Hall–Kier alpha value is -0.510. The highest BCUT2D eigenvalue weighted by Gasteiger charge is 2.61. The smallest absolute Gasteiger partial charge is 0.0859 e. The van der Waals surface area contributed by atoms with Crippen LogP contribution in [0.15, 0.2) is 0 Å². The van der Waals surface area contributed by atoms with Crippen LogP contribution in [0.4, 0.5) is 0 Å². The lowest BCUT2D eigenvalue weighted by Crippen LogP contribution is -2.26. The molecule has 2 aliphatic carbocycles. The SMILES string of the molecule is CC(C)(C)C[C@H]1C2CCc3c(nnn3C(C)(C)C)CCC21S. The summed E-state index contributed by atoms with van der Waals surface area (Å²) in [5, 5.41) is 8.92. The second-order valence-corrected chi connectivity index (χ2v) is 10.4. The molecule has 2 unspecified atom stereocenters. The van der Waals surface area contributed by atoms with Crippen molar-refractivity contribution in [3.05, 3.63) is 11.4 Å². The third-order valence-electron chi connectivity index (χ3n) is 5.43. The summed E-state index contributed by atoms with van der Waals surface area (Å²) in [6, 6.07) is 0. The van der Waals surface area contributed by atoms with Gasteiger partial charge in [0.05, 0.1) is 16.9 Å². The Balaban J connectivity index is 1.80. The number of hydrogen-bond donors (Lipinski definition) is 1. The minimum atomic E-state index is 0.0200. The molecule has 124 valence electrons. The van der Waals surface area contributed by atoms with Crippen molar-refractivity contribution in [1.82, 2.24) is 15.0 Å². The summed E-state index contributed by atoms with van der Waals surface area (Å²) in [5.74, 6) is 1.54. The molecule has 0 radical (unpaired) electrons. The van der Waals surface area contributed by atoms with Crippen LogP contribution in [0.1, 0.15) is 72.2 Å². The van der Waals surface area contributed by atoms with Gasteiger partial charge in [-0.05, 0) is 70.1 Å². The van der Waals surface area contributed by atoms with Gasteiger partial charge in [0.1, 0.15) is 0 Å². The molecule has 0 aliphatic heterocycles. The van der Waals surface area contributed by atoms with Crippen LogP contribution in [0.25, 0.3) is 0 Å². The summed E-state index contributed by atoms with van der Waals surface area (Å²) >= 11 is 5.12. The van der Waals surface area contributed by atoms with Gasteiger partial charge in [-0.15, -0.1) is 5.10 Å². The summed E-state index contributed by atoms with van der Waals surface area (Å²) in [6.45, 7) is 13.7. The first-order chi connectivity index (χ1) is 10.0. The second-order valence-electron chi connectivity index (χ2n) is 9.57. The molecular weight excluding hydrogens is 290 g/mol. The van der Waals surface area contributed by atoms with E-state index >= 15 is 0 Å². The Morgan fingerprint density at radius 3 is 2.45 bits per heavy atom. The molecule has 0 aromatic carbocycles. The van der Waals surface area contributed by atoms with E-state index in [9.17, 15) is 0 Å². The molecule has 3 nitrogen and oxygen atoms in total.